The van der Waals surface area contributed by atoms with Gasteiger partial charge >= 0.3 is 16.6 Å². The van der Waals surface area contributed by atoms with Crippen LogP contribution in [0.15, 0.2) is 0 Å². The summed E-state index contributed by atoms with van der Waals surface area (Å²) in [6, 6.07) is 0. The van der Waals surface area contributed by atoms with Crippen LogP contribution in [0, 0.1) is 15.3 Å². The summed E-state index contributed by atoms with van der Waals surface area (Å²) < 4.78 is 40.1. The average Bonchev–Trinajstić information content (AvgIpc) is 1.70. The van der Waals surface area contributed by atoms with Gasteiger partial charge in [-0.1, -0.05) is 0 Å². The highest BCUT2D eigenvalue weighted by Crippen LogP contribution is 2.03. The molecule has 0 saturated carbocycles. The largest absolute Gasteiger partial charge is 0.822 e. The monoisotopic (exact) mass is 389 g/mol. The molecule has 0 aromatic rings. The van der Waals surface area contributed by atoms with Crippen molar-refractivity contribution < 1.29 is 56.9 Å². The first kappa shape index (κ1) is 50.0. The van der Waals surface area contributed by atoms with E-state index in [1.165, 1.54) is 0 Å². The molecular weight excluding hydrogens is 369 g/mol. The summed E-state index contributed by atoms with van der Waals surface area (Å²) in [6.45, 7) is 0. The molecule has 0 fully saturated rings. The summed E-state index contributed by atoms with van der Waals surface area (Å²) in [7, 11) is -10.1. The Morgan fingerprint density at radius 2 is 0.909 bits per heavy atom. The van der Waals surface area contributed by atoms with Crippen LogP contribution in [0.3, 0.4) is 0 Å². The smallest absolute Gasteiger partial charge is 0.503 e. The van der Waals surface area contributed by atoms with E-state index < -0.39 is 29.5 Å². The lowest BCUT2D eigenvalue weighted by atomic mass is 11.5. The van der Waals surface area contributed by atoms with Crippen LogP contribution >= 0.6 is 7.82 Å². The minimum atomic E-state index is -5.39. The van der Waals surface area contributed by atoms with Crippen LogP contribution in [0.4, 0.5) is 4.79 Å². The zero-order chi connectivity index (χ0) is 16.2. The van der Waals surface area contributed by atoms with Gasteiger partial charge in [0.05, 0.1) is 5.09 Å². The minimum Gasteiger partial charge on any atom is -0.822 e. The van der Waals surface area contributed by atoms with Crippen molar-refractivity contribution in [2.75, 3.05) is 0 Å². The molecule has 22 heavy (non-hydrogen) atoms. The van der Waals surface area contributed by atoms with Gasteiger partial charge in [-0.3, -0.25) is 9.11 Å². The van der Waals surface area contributed by atoms with Crippen LogP contribution in [-0.2, 0) is 15.0 Å². The van der Waals surface area contributed by atoms with Crippen molar-refractivity contribution in [3.63, 3.8) is 0 Å². The van der Waals surface area contributed by atoms with Crippen molar-refractivity contribution in [3.8, 4) is 0 Å². The number of hydrogen-bond donors (Lipinski definition) is 8. The highest BCUT2D eigenvalue weighted by Gasteiger charge is 1.84. The van der Waals surface area contributed by atoms with Crippen molar-refractivity contribution in [3.05, 3.63) is 15.3 Å². The third kappa shape index (κ3) is 1870. The van der Waals surface area contributed by atoms with Gasteiger partial charge < -0.3 is 69.4 Å². The number of carbonyl (C=O) groups is 1. The maximum absolute atomic E-state index is 8.74. The fourth-order valence-electron chi connectivity index (χ4n) is 0. The van der Waals surface area contributed by atoms with E-state index in [2.05, 4.69) is 0 Å². The van der Waals surface area contributed by atoms with E-state index in [0.29, 0.717) is 0 Å². The lowest BCUT2D eigenvalue weighted by Crippen LogP contribution is -2.24. The number of phosphoric acid groups is 1. The standard InChI is InChI=1S/CH2O3.NO3.4H3N.H3O4P.H2O4S/c2*2-1(3)4;;;;;2*1-5(2,3)4/h(H2,2,3,4);;4*1H3;(H3,1,2,3,4);(H2,1,2,3,4)/q;-1;;;;;;/p+1. The van der Waals surface area contributed by atoms with Gasteiger partial charge in [0, 0.05) is 0 Å². The van der Waals surface area contributed by atoms with Crippen molar-refractivity contribution in [1.82, 2.24) is 24.6 Å². The number of nitrogens with zero attached hydrogens (tertiary/aromatic N) is 1. The van der Waals surface area contributed by atoms with Gasteiger partial charge in [0.1, 0.15) is 0 Å². The molecule has 0 atom stereocenters. The summed E-state index contributed by atoms with van der Waals surface area (Å²) in [6.07, 6.45) is -1.83. The second-order valence-corrected chi connectivity index (χ2v) is 3.19. The molecule has 21 heteroatoms. The zero-order valence-electron chi connectivity index (χ0n) is 11.7. The summed E-state index contributed by atoms with van der Waals surface area (Å²) in [5, 5.41) is 28.7. The molecule has 0 aliphatic rings. The van der Waals surface area contributed by atoms with E-state index in [1.54, 1.807) is 0 Å². The van der Waals surface area contributed by atoms with E-state index in [-0.39, 0.29) is 24.6 Å². The predicted molar refractivity (Wildman–Crippen MR) is 66.7 cm³/mol. The van der Waals surface area contributed by atoms with E-state index in [9.17, 15) is 0 Å². The molecule has 0 unspecified atom stereocenters. The van der Waals surface area contributed by atoms with Gasteiger partial charge in [-0.05, 0) is 0 Å². The Hall–Kier alpha value is -1.71. The summed E-state index contributed by atoms with van der Waals surface area (Å²) in [4.78, 5) is 42.5. The van der Waals surface area contributed by atoms with Gasteiger partial charge in [-0.15, -0.1) is 0 Å². The van der Waals surface area contributed by atoms with Gasteiger partial charge in [-0.2, -0.15) is 16.2 Å². The van der Waals surface area contributed by atoms with Crippen LogP contribution in [0.2, 0.25) is 0 Å². The zero-order valence-corrected chi connectivity index (χ0v) is 13.4. The molecule has 20 N–H and O–H groups in total. The Kier molecular flexibility index (Phi) is 55.3. The molecule has 0 aromatic heterocycles. The fourth-order valence-corrected chi connectivity index (χ4v) is 0. The van der Waals surface area contributed by atoms with E-state index in [1.807, 2.05) is 0 Å². The number of carboxylic acid groups (broad SMARTS) is 2. The predicted octanol–water partition coefficient (Wildman–Crippen LogP) is -1.99. The fraction of sp³-hybridized carbons (Fsp3) is 0. The number of quaternary nitrogens is 4. The van der Waals surface area contributed by atoms with Crippen LogP contribution in [-0.4, -0.2) is 39.0 Å². The van der Waals surface area contributed by atoms with Crippen LogP contribution in [0.5, 0.6) is 0 Å². The molecule has 144 valence electrons. The SMILES string of the molecule is O=C(O)O.O=P([O-])([O-])[O-].O=S(=O)(O)O.O=[N+]([O-])[O-].[NH4+].[NH4+].[NH4+].[NH4+]. The highest BCUT2D eigenvalue weighted by molar-refractivity contribution is 7.79. The minimum absolute atomic E-state index is 0. The molecule has 0 rings (SSSR count). The molecule has 0 bridgehead atoms. The second kappa shape index (κ2) is 24.3. The lowest BCUT2D eigenvalue weighted by molar-refractivity contribution is -0.432. The molecule has 0 aliphatic heterocycles. The Morgan fingerprint density at radius 1 is 0.909 bits per heavy atom. The summed E-state index contributed by atoms with van der Waals surface area (Å²) in [5.41, 5.74) is 0. The van der Waals surface area contributed by atoms with Crippen molar-refractivity contribution >= 4 is 24.4 Å². The van der Waals surface area contributed by atoms with Crippen molar-refractivity contribution in [2.45, 2.75) is 0 Å². The average molecular weight is 389 g/mol. The lowest BCUT2D eigenvalue weighted by Gasteiger charge is -2.36. The topological polar surface area (TPSA) is 431 Å². The van der Waals surface area contributed by atoms with E-state index >= 15 is 0 Å². The van der Waals surface area contributed by atoms with E-state index in [0.717, 1.165) is 0 Å². The first-order chi connectivity index (χ1) is 7.46. The molecule has 0 aromatic carbocycles. The van der Waals surface area contributed by atoms with Crippen LogP contribution in [0.1, 0.15) is 0 Å². The van der Waals surface area contributed by atoms with Crippen molar-refractivity contribution in [1.29, 1.82) is 0 Å². The Bertz CT molecular complexity index is 336. The van der Waals surface area contributed by atoms with Crippen LogP contribution in [0.25, 0.3) is 0 Å². The third-order valence-corrected chi connectivity index (χ3v) is 0. The molecule has 0 saturated heterocycles. The molecular formula is CH20N5O14PS. The molecule has 19 nitrogen and oxygen atoms in total. The molecule has 0 radical (unpaired) electrons. The molecule has 0 spiro atoms. The first-order valence-electron chi connectivity index (χ1n) is 2.63. The number of rotatable bonds is 0. The first-order valence-corrected chi connectivity index (χ1v) is 5.49. The van der Waals surface area contributed by atoms with Gasteiger partial charge in [0.15, 0.2) is 0 Å². The summed E-state index contributed by atoms with van der Waals surface area (Å²) >= 11 is 0. The quantitative estimate of drug-likeness (QED) is 0.0961. The second-order valence-electron chi connectivity index (χ2n) is 1.40. The van der Waals surface area contributed by atoms with Crippen molar-refractivity contribution in [2.24, 2.45) is 0 Å². The van der Waals surface area contributed by atoms with Gasteiger partial charge in [-0.25, -0.2) is 4.79 Å². The Labute approximate surface area is 122 Å². The third-order valence-electron chi connectivity index (χ3n) is 0. The molecule has 0 heterocycles. The van der Waals surface area contributed by atoms with Crippen LogP contribution < -0.4 is 39.3 Å². The maximum atomic E-state index is 8.74. The Balaban J connectivity index is -0.0000000188. The molecule has 0 amide bonds. The highest BCUT2D eigenvalue weighted by atomic mass is 32.3. The maximum Gasteiger partial charge on any atom is 0.503 e. The normalized spacial score (nSPS) is 7.50. The van der Waals surface area contributed by atoms with Gasteiger partial charge in [0.2, 0.25) is 0 Å². The van der Waals surface area contributed by atoms with E-state index in [4.69, 9.17) is 67.1 Å². The van der Waals surface area contributed by atoms with Gasteiger partial charge in [0.25, 0.3) is 0 Å². The Morgan fingerprint density at radius 3 is 0.909 bits per heavy atom. The molecule has 0 aliphatic carbocycles. The summed E-state index contributed by atoms with van der Waals surface area (Å²) in [5.74, 6) is 0. The number of hydrogen-bond acceptors (Lipinski definition) is 10.